The number of ether oxygens (including phenoxy) is 1. The molecular formula is C16H12ClF2NO2. The summed E-state index contributed by atoms with van der Waals surface area (Å²) in [6.07, 6.45) is 0.263. The summed E-state index contributed by atoms with van der Waals surface area (Å²) in [6.45, 7) is -1.09. The molecule has 3 rings (SSSR count). The minimum atomic E-state index is -2.93. The maximum atomic E-state index is 12.6. The Hall–Kier alpha value is -2.14. The third-order valence-electron chi connectivity index (χ3n) is 3.51. The van der Waals surface area contributed by atoms with Gasteiger partial charge < -0.3 is 10.1 Å². The number of carbonyl (C=O) groups excluding carboxylic acids is 1. The molecule has 0 aliphatic carbocycles. The largest absolute Gasteiger partial charge is 0.434 e. The minimum Gasteiger partial charge on any atom is -0.434 e. The van der Waals surface area contributed by atoms with E-state index in [-0.39, 0.29) is 18.1 Å². The van der Waals surface area contributed by atoms with Crippen molar-refractivity contribution in [1.82, 2.24) is 0 Å². The van der Waals surface area contributed by atoms with Crippen LogP contribution in [0.3, 0.4) is 0 Å². The second-order valence-corrected chi connectivity index (χ2v) is 5.45. The molecule has 1 aliphatic rings. The molecule has 0 unspecified atom stereocenters. The third kappa shape index (κ3) is 2.64. The molecule has 2 aromatic rings. The lowest BCUT2D eigenvalue weighted by Gasteiger charge is -2.14. The molecule has 1 amide bonds. The van der Waals surface area contributed by atoms with E-state index in [0.717, 1.165) is 16.8 Å². The van der Waals surface area contributed by atoms with Gasteiger partial charge in [-0.3, -0.25) is 4.79 Å². The molecule has 1 N–H and O–H groups in total. The Morgan fingerprint density at radius 3 is 2.82 bits per heavy atom. The number of nitrogens with one attached hydrogen (secondary N) is 1. The highest BCUT2D eigenvalue weighted by Crippen LogP contribution is 2.40. The summed E-state index contributed by atoms with van der Waals surface area (Å²) >= 11 is 6.17. The van der Waals surface area contributed by atoms with E-state index in [0.29, 0.717) is 16.1 Å². The van der Waals surface area contributed by atoms with E-state index in [9.17, 15) is 13.6 Å². The third-order valence-corrected chi connectivity index (χ3v) is 3.83. The summed E-state index contributed by atoms with van der Waals surface area (Å²) in [5.74, 6) is -0.0717. The maximum absolute atomic E-state index is 12.6. The molecule has 0 radical (unpaired) electrons. The van der Waals surface area contributed by atoms with Crippen molar-refractivity contribution in [3.63, 3.8) is 0 Å². The highest BCUT2D eigenvalue weighted by atomic mass is 35.5. The summed E-state index contributed by atoms with van der Waals surface area (Å²) in [5.41, 5.74) is 3.49. The molecule has 2 aromatic carbocycles. The highest BCUT2D eigenvalue weighted by Gasteiger charge is 2.22. The number of hydrogen-bond donors (Lipinski definition) is 1. The number of amides is 1. The fourth-order valence-corrected chi connectivity index (χ4v) is 2.93. The fraction of sp³-hybridized carbons (Fsp3) is 0.188. The molecule has 22 heavy (non-hydrogen) atoms. The van der Waals surface area contributed by atoms with Gasteiger partial charge in [0.25, 0.3) is 0 Å². The van der Waals surface area contributed by atoms with Crippen LogP contribution >= 0.6 is 11.6 Å². The number of rotatable bonds is 3. The van der Waals surface area contributed by atoms with E-state index >= 15 is 0 Å². The van der Waals surface area contributed by atoms with E-state index in [1.807, 2.05) is 6.92 Å². The second kappa shape index (κ2) is 5.57. The van der Waals surface area contributed by atoms with Crippen LogP contribution in [0.25, 0.3) is 11.1 Å². The molecule has 0 spiro atoms. The molecule has 0 saturated heterocycles. The molecular weight excluding hydrogens is 312 g/mol. The van der Waals surface area contributed by atoms with Crippen molar-refractivity contribution in [2.75, 3.05) is 5.32 Å². The first-order chi connectivity index (χ1) is 10.5. The van der Waals surface area contributed by atoms with Gasteiger partial charge in [-0.2, -0.15) is 8.78 Å². The van der Waals surface area contributed by atoms with Gasteiger partial charge in [0.1, 0.15) is 5.75 Å². The molecule has 0 fully saturated rings. The maximum Gasteiger partial charge on any atom is 0.387 e. The van der Waals surface area contributed by atoms with Gasteiger partial charge in [0.15, 0.2) is 0 Å². The van der Waals surface area contributed by atoms with E-state index in [2.05, 4.69) is 10.1 Å². The quantitative estimate of drug-likeness (QED) is 0.908. The Kier molecular flexibility index (Phi) is 3.74. The lowest BCUT2D eigenvalue weighted by Crippen LogP contribution is -2.04. The normalized spacial score (nSPS) is 13.2. The molecule has 1 aliphatic heterocycles. The van der Waals surface area contributed by atoms with Gasteiger partial charge in [0.05, 0.1) is 11.4 Å². The van der Waals surface area contributed by atoms with Crippen LogP contribution in [0.5, 0.6) is 5.75 Å². The zero-order valence-electron chi connectivity index (χ0n) is 11.6. The first kappa shape index (κ1) is 14.8. The van der Waals surface area contributed by atoms with Crippen LogP contribution in [0.15, 0.2) is 30.3 Å². The highest BCUT2D eigenvalue weighted by molar-refractivity contribution is 6.33. The Bertz CT molecular complexity index is 762. The Morgan fingerprint density at radius 2 is 2.09 bits per heavy atom. The van der Waals surface area contributed by atoms with E-state index in [1.165, 1.54) is 6.07 Å². The average molecular weight is 324 g/mol. The zero-order valence-corrected chi connectivity index (χ0v) is 12.4. The van der Waals surface area contributed by atoms with Crippen molar-refractivity contribution in [3.8, 4) is 16.9 Å². The van der Waals surface area contributed by atoms with Crippen LogP contribution in [-0.2, 0) is 11.2 Å². The van der Waals surface area contributed by atoms with Crippen LogP contribution in [0.4, 0.5) is 14.5 Å². The summed E-state index contributed by atoms with van der Waals surface area (Å²) < 4.78 is 29.7. The van der Waals surface area contributed by atoms with Gasteiger partial charge in [-0.05, 0) is 47.9 Å². The predicted octanol–water partition coefficient (Wildman–Crippen LogP) is 4.41. The lowest BCUT2D eigenvalue weighted by molar-refractivity contribution is -0.115. The Labute approximate surface area is 130 Å². The molecule has 3 nitrogen and oxygen atoms in total. The number of halogens is 3. The van der Waals surface area contributed by atoms with Crippen molar-refractivity contribution in [2.45, 2.75) is 20.0 Å². The number of benzene rings is 2. The van der Waals surface area contributed by atoms with E-state index in [1.54, 1.807) is 24.3 Å². The van der Waals surface area contributed by atoms with Gasteiger partial charge in [0, 0.05) is 11.3 Å². The second-order valence-electron chi connectivity index (χ2n) is 5.04. The number of fused-ring (bicyclic) bond motifs is 1. The van der Waals surface area contributed by atoms with Gasteiger partial charge in [-0.1, -0.05) is 17.7 Å². The Balaban J connectivity index is 2.15. The average Bonchev–Trinajstić information content (AvgIpc) is 2.79. The van der Waals surface area contributed by atoms with E-state index in [4.69, 9.17) is 11.6 Å². The van der Waals surface area contributed by atoms with Crippen molar-refractivity contribution >= 4 is 23.2 Å². The summed E-state index contributed by atoms with van der Waals surface area (Å²) in [4.78, 5) is 11.5. The Morgan fingerprint density at radius 1 is 1.32 bits per heavy atom. The van der Waals surface area contributed by atoms with Gasteiger partial charge in [0.2, 0.25) is 5.91 Å². The monoisotopic (exact) mass is 323 g/mol. The summed E-state index contributed by atoms with van der Waals surface area (Å²) in [5, 5.41) is 3.10. The number of aryl methyl sites for hydroxylation is 1. The number of hydrogen-bond acceptors (Lipinski definition) is 2. The first-order valence-electron chi connectivity index (χ1n) is 6.63. The van der Waals surface area contributed by atoms with Crippen LogP contribution < -0.4 is 10.1 Å². The predicted molar refractivity (Wildman–Crippen MR) is 80.6 cm³/mol. The van der Waals surface area contributed by atoms with Gasteiger partial charge in [-0.25, -0.2) is 0 Å². The van der Waals surface area contributed by atoms with E-state index < -0.39 is 6.61 Å². The SMILES string of the molecule is Cc1cc(-c2c(Cl)cccc2OC(F)F)cc2c1NC(=O)C2. The van der Waals surface area contributed by atoms with Crippen molar-refractivity contribution in [1.29, 1.82) is 0 Å². The number of anilines is 1. The lowest BCUT2D eigenvalue weighted by atomic mass is 9.97. The molecule has 0 aromatic heterocycles. The molecule has 0 bridgehead atoms. The fourth-order valence-electron chi connectivity index (χ4n) is 2.66. The molecule has 114 valence electrons. The van der Waals surface area contributed by atoms with Crippen LogP contribution in [-0.4, -0.2) is 12.5 Å². The molecule has 1 heterocycles. The smallest absolute Gasteiger partial charge is 0.387 e. The molecule has 0 atom stereocenters. The van der Waals surface area contributed by atoms with Gasteiger partial charge in [-0.15, -0.1) is 0 Å². The summed E-state index contributed by atoms with van der Waals surface area (Å²) in [6, 6.07) is 8.18. The first-order valence-corrected chi connectivity index (χ1v) is 7.00. The summed E-state index contributed by atoms with van der Waals surface area (Å²) in [7, 11) is 0. The van der Waals surface area contributed by atoms with Gasteiger partial charge >= 0.3 is 6.61 Å². The standard InChI is InChI=1S/C16H12ClF2NO2/c1-8-5-9(6-10-7-13(21)20-15(8)10)14-11(17)3-2-4-12(14)22-16(18)19/h2-6,16H,7H2,1H3,(H,20,21). The van der Waals surface area contributed by atoms with Crippen LogP contribution in [0.1, 0.15) is 11.1 Å². The number of alkyl halides is 2. The zero-order chi connectivity index (χ0) is 15.9. The minimum absolute atomic E-state index is 0.0131. The van der Waals surface area contributed by atoms with Crippen LogP contribution in [0.2, 0.25) is 5.02 Å². The topological polar surface area (TPSA) is 38.3 Å². The van der Waals surface area contributed by atoms with Crippen molar-refractivity contribution in [3.05, 3.63) is 46.5 Å². The van der Waals surface area contributed by atoms with Crippen molar-refractivity contribution in [2.24, 2.45) is 0 Å². The number of carbonyl (C=O) groups is 1. The van der Waals surface area contributed by atoms with Crippen molar-refractivity contribution < 1.29 is 18.3 Å². The molecule has 6 heteroatoms. The molecule has 0 saturated carbocycles. The van der Waals surface area contributed by atoms with Crippen LogP contribution in [0, 0.1) is 6.92 Å².